The van der Waals surface area contributed by atoms with Crippen molar-refractivity contribution in [2.45, 2.75) is 77.1 Å². The van der Waals surface area contributed by atoms with E-state index in [2.05, 4.69) is 97.9 Å². The minimum absolute atomic E-state index is 0.0214. The standard InChI is InChI=1S/C32H42O2P/c1-2-17-28(34-32-25-14-15-26-33-32)18-7-6-16-27-35(29-19-8-3-9-20-29,30-21-10-4-11-22-30)31-23-12-5-13-24-31/h3-5,8-13,19-24,28,32H,2,6-7,14-18,25-27H2,1H3/q+1. The summed E-state index contributed by atoms with van der Waals surface area (Å²) in [6.07, 6.45) is 12.1. The molecule has 35 heavy (non-hydrogen) atoms. The zero-order valence-electron chi connectivity index (χ0n) is 21.4. The van der Waals surface area contributed by atoms with Crippen LogP contribution in [0.1, 0.15) is 64.7 Å². The van der Waals surface area contributed by atoms with E-state index in [4.69, 9.17) is 9.47 Å². The first-order chi connectivity index (χ1) is 17.3. The van der Waals surface area contributed by atoms with E-state index in [9.17, 15) is 0 Å². The zero-order valence-corrected chi connectivity index (χ0v) is 22.3. The van der Waals surface area contributed by atoms with Crippen molar-refractivity contribution in [1.29, 1.82) is 0 Å². The molecular formula is C32H42O2P+. The second-order valence-corrected chi connectivity index (χ2v) is 13.3. The summed E-state index contributed by atoms with van der Waals surface area (Å²) in [7, 11) is -1.71. The van der Waals surface area contributed by atoms with E-state index >= 15 is 0 Å². The maximum Gasteiger partial charge on any atom is 0.157 e. The highest BCUT2D eigenvalue weighted by molar-refractivity contribution is 7.95. The number of ether oxygens (including phenoxy) is 2. The molecule has 2 atom stereocenters. The van der Waals surface area contributed by atoms with Gasteiger partial charge < -0.3 is 9.47 Å². The predicted octanol–water partition coefficient (Wildman–Crippen LogP) is 7.25. The third kappa shape index (κ3) is 7.04. The average Bonchev–Trinajstić information content (AvgIpc) is 2.93. The Kier molecular flexibility index (Phi) is 10.4. The van der Waals surface area contributed by atoms with Gasteiger partial charge in [-0.3, -0.25) is 0 Å². The molecule has 3 aromatic rings. The highest BCUT2D eigenvalue weighted by Gasteiger charge is 2.44. The second kappa shape index (κ2) is 13.9. The van der Waals surface area contributed by atoms with Crippen molar-refractivity contribution >= 4 is 23.2 Å². The number of unbranched alkanes of at least 4 members (excludes halogenated alkanes) is 2. The summed E-state index contributed by atoms with van der Waals surface area (Å²) < 4.78 is 12.2. The molecule has 2 nitrogen and oxygen atoms in total. The van der Waals surface area contributed by atoms with Gasteiger partial charge in [0.15, 0.2) is 6.29 Å². The summed E-state index contributed by atoms with van der Waals surface area (Å²) in [5, 5.41) is 4.46. The lowest BCUT2D eigenvalue weighted by atomic mass is 10.1. The van der Waals surface area contributed by atoms with Crippen LogP contribution in [0.25, 0.3) is 0 Å². The average molecular weight is 490 g/mol. The first kappa shape index (κ1) is 26.1. The molecule has 1 aliphatic rings. The molecular weight excluding hydrogens is 447 g/mol. The molecule has 0 spiro atoms. The van der Waals surface area contributed by atoms with Gasteiger partial charge >= 0.3 is 0 Å². The molecule has 0 aliphatic carbocycles. The van der Waals surface area contributed by atoms with E-state index in [1.54, 1.807) is 0 Å². The van der Waals surface area contributed by atoms with Gasteiger partial charge in [0.05, 0.1) is 12.3 Å². The fourth-order valence-corrected chi connectivity index (χ4v) is 9.83. The van der Waals surface area contributed by atoms with Crippen LogP contribution in [0.2, 0.25) is 0 Å². The number of hydrogen-bond acceptors (Lipinski definition) is 2. The van der Waals surface area contributed by atoms with E-state index in [0.29, 0.717) is 6.10 Å². The van der Waals surface area contributed by atoms with Gasteiger partial charge in [0.2, 0.25) is 0 Å². The molecule has 0 aromatic heterocycles. The van der Waals surface area contributed by atoms with Gasteiger partial charge in [0.1, 0.15) is 23.2 Å². The highest BCUT2D eigenvalue weighted by atomic mass is 31.2. The lowest BCUT2D eigenvalue weighted by Crippen LogP contribution is -2.33. The molecule has 4 rings (SSSR count). The van der Waals surface area contributed by atoms with E-state index < -0.39 is 7.26 Å². The summed E-state index contributed by atoms with van der Waals surface area (Å²) in [4.78, 5) is 0. The molecule has 2 unspecified atom stereocenters. The SMILES string of the molecule is CCCC(CCCCC[P+](c1ccccc1)(c1ccccc1)c1ccccc1)OC1CCCCO1. The quantitative estimate of drug-likeness (QED) is 0.186. The Bertz CT molecular complexity index is 858. The van der Waals surface area contributed by atoms with E-state index in [1.807, 2.05) is 0 Å². The first-order valence-corrected chi connectivity index (χ1v) is 15.6. The van der Waals surface area contributed by atoms with Crippen molar-refractivity contribution in [2.75, 3.05) is 12.8 Å². The van der Waals surface area contributed by atoms with Crippen LogP contribution in [-0.2, 0) is 9.47 Å². The second-order valence-electron chi connectivity index (χ2n) is 9.73. The summed E-state index contributed by atoms with van der Waals surface area (Å²) in [6, 6.07) is 33.7. The number of rotatable bonds is 13. The zero-order chi connectivity index (χ0) is 24.2. The van der Waals surface area contributed by atoms with Crippen LogP contribution in [0.15, 0.2) is 91.0 Å². The van der Waals surface area contributed by atoms with Gasteiger partial charge in [-0.25, -0.2) is 0 Å². The minimum atomic E-state index is -1.71. The number of hydrogen-bond donors (Lipinski definition) is 0. The topological polar surface area (TPSA) is 18.5 Å². The molecule has 0 bridgehead atoms. The van der Waals surface area contributed by atoms with Crippen molar-refractivity contribution in [3.8, 4) is 0 Å². The monoisotopic (exact) mass is 489 g/mol. The Morgan fingerprint density at radius 2 is 1.31 bits per heavy atom. The summed E-state index contributed by atoms with van der Waals surface area (Å²) in [5.41, 5.74) is 0. The van der Waals surface area contributed by atoms with Crippen LogP contribution in [0.3, 0.4) is 0 Å². The molecule has 186 valence electrons. The van der Waals surface area contributed by atoms with Crippen LogP contribution in [0.5, 0.6) is 0 Å². The highest BCUT2D eigenvalue weighted by Crippen LogP contribution is 2.56. The third-order valence-electron chi connectivity index (χ3n) is 7.20. The Balaban J connectivity index is 1.46. The van der Waals surface area contributed by atoms with E-state index in [-0.39, 0.29) is 6.29 Å². The van der Waals surface area contributed by atoms with Crippen molar-refractivity contribution in [3.63, 3.8) is 0 Å². The van der Waals surface area contributed by atoms with Gasteiger partial charge in [-0.15, -0.1) is 0 Å². The fourth-order valence-electron chi connectivity index (χ4n) is 5.42. The lowest BCUT2D eigenvalue weighted by Gasteiger charge is -2.28. The van der Waals surface area contributed by atoms with Crippen molar-refractivity contribution < 1.29 is 9.47 Å². The van der Waals surface area contributed by atoms with Crippen molar-refractivity contribution in [1.82, 2.24) is 0 Å². The molecule has 1 fully saturated rings. The van der Waals surface area contributed by atoms with Gasteiger partial charge in [0.25, 0.3) is 0 Å². The van der Waals surface area contributed by atoms with Crippen molar-refractivity contribution in [2.24, 2.45) is 0 Å². The van der Waals surface area contributed by atoms with Crippen LogP contribution >= 0.6 is 7.26 Å². The summed E-state index contributed by atoms with van der Waals surface area (Å²) in [6.45, 7) is 3.12. The summed E-state index contributed by atoms with van der Waals surface area (Å²) >= 11 is 0. The Hall–Kier alpha value is -1.99. The van der Waals surface area contributed by atoms with Gasteiger partial charge in [-0.1, -0.05) is 74.4 Å². The maximum absolute atomic E-state index is 6.37. The minimum Gasteiger partial charge on any atom is -0.353 e. The largest absolute Gasteiger partial charge is 0.353 e. The van der Waals surface area contributed by atoms with Gasteiger partial charge in [0, 0.05) is 6.61 Å². The molecule has 1 saturated heterocycles. The maximum atomic E-state index is 6.37. The van der Waals surface area contributed by atoms with Crippen LogP contribution < -0.4 is 15.9 Å². The number of benzene rings is 3. The molecule has 0 amide bonds. The molecule has 0 saturated carbocycles. The normalized spacial score (nSPS) is 17.2. The molecule has 3 heteroatoms. The molecule has 0 N–H and O–H groups in total. The molecule has 0 radical (unpaired) electrons. The fraction of sp³-hybridized carbons (Fsp3) is 0.438. The van der Waals surface area contributed by atoms with Gasteiger partial charge in [-0.2, -0.15) is 0 Å². The first-order valence-electron chi connectivity index (χ1n) is 13.6. The van der Waals surface area contributed by atoms with Gasteiger partial charge in [-0.05, 0) is 81.3 Å². The third-order valence-corrected chi connectivity index (χ3v) is 11.7. The predicted molar refractivity (Wildman–Crippen MR) is 152 cm³/mol. The smallest absolute Gasteiger partial charge is 0.157 e. The molecule has 1 aliphatic heterocycles. The van der Waals surface area contributed by atoms with Crippen molar-refractivity contribution in [3.05, 3.63) is 91.0 Å². The molecule has 1 heterocycles. The summed E-state index contributed by atoms with van der Waals surface area (Å²) in [5.74, 6) is 0. The van der Waals surface area contributed by atoms with Crippen LogP contribution in [-0.4, -0.2) is 25.2 Å². The Morgan fingerprint density at radius 3 is 1.80 bits per heavy atom. The van der Waals surface area contributed by atoms with Crippen LogP contribution in [0.4, 0.5) is 0 Å². The Labute approximate surface area is 213 Å². The van der Waals surface area contributed by atoms with Crippen LogP contribution in [0, 0.1) is 0 Å². The van der Waals surface area contributed by atoms with E-state index in [0.717, 1.165) is 25.9 Å². The van der Waals surface area contributed by atoms with E-state index in [1.165, 1.54) is 60.6 Å². The Morgan fingerprint density at radius 1 is 0.743 bits per heavy atom. The molecule has 3 aromatic carbocycles. The lowest BCUT2D eigenvalue weighted by molar-refractivity contribution is -0.190.